The van der Waals surface area contributed by atoms with Crippen LogP contribution in [0.1, 0.15) is 17.5 Å². The number of carbonyl (C=O) groups excluding carboxylic acids is 1. The molecule has 1 aromatic heterocycles. The lowest BCUT2D eigenvalue weighted by Gasteiger charge is -2.32. The van der Waals surface area contributed by atoms with Crippen LogP contribution in [-0.4, -0.2) is 10.9 Å². The van der Waals surface area contributed by atoms with Crippen molar-refractivity contribution in [2.45, 2.75) is 19.3 Å². The number of fused-ring (bicyclic) bond motifs is 1. The van der Waals surface area contributed by atoms with Gasteiger partial charge in [0, 0.05) is 17.8 Å². The van der Waals surface area contributed by atoms with Crippen LogP contribution < -0.4 is 4.90 Å². The van der Waals surface area contributed by atoms with Crippen LogP contribution in [0.4, 0.5) is 11.4 Å². The lowest BCUT2D eigenvalue weighted by atomic mass is 9.82. The first-order valence-corrected chi connectivity index (χ1v) is 8.85. The Hall–Kier alpha value is -3.16. The predicted molar refractivity (Wildman–Crippen MR) is 103 cm³/mol. The van der Waals surface area contributed by atoms with E-state index in [2.05, 4.69) is 23.1 Å². The fourth-order valence-electron chi connectivity index (χ4n) is 3.65. The summed E-state index contributed by atoms with van der Waals surface area (Å²) in [5.41, 5.74) is 5.03. The summed E-state index contributed by atoms with van der Waals surface area (Å²) in [6.45, 7) is 0. The Kier molecular flexibility index (Phi) is 4.63. The van der Waals surface area contributed by atoms with E-state index in [4.69, 9.17) is 0 Å². The molecule has 0 bridgehead atoms. The molecule has 2 aromatic carbocycles. The molecular weight excluding hydrogens is 320 g/mol. The third-order valence-electron chi connectivity index (χ3n) is 4.90. The molecule has 0 fully saturated rings. The molecule has 1 aliphatic rings. The summed E-state index contributed by atoms with van der Waals surface area (Å²) in [4.78, 5) is 18.3. The van der Waals surface area contributed by atoms with Crippen LogP contribution in [0.25, 0.3) is 0 Å². The van der Waals surface area contributed by atoms with Gasteiger partial charge in [0.05, 0.1) is 11.9 Å². The molecule has 0 spiro atoms. The second kappa shape index (κ2) is 7.38. The Balaban J connectivity index is 1.74. The van der Waals surface area contributed by atoms with Crippen molar-refractivity contribution in [2.75, 3.05) is 4.90 Å². The van der Waals surface area contributed by atoms with Crippen LogP contribution in [0.15, 0.2) is 78.8 Å². The van der Waals surface area contributed by atoms with E-state index in [9.17, 15) is 4.79 Å². The van der Waals surface area contributed by atoms with E-state index < -0.39 is 0 Å². The molecular formula is C23H19N2O. The molecule has 1 aliphatic carbocycles. The molecule has 1 atom stereocenters. The van der Waals surface area contributed by atoms with Gasteiger partial charge in [-0.05, 0) is 60.7 Å². The van der Waals surface area contributed by atoms with Gasteiger partial charge in [-0.15, -0.1) is 0 Å². The molecule has 3 aromatic rings. The molecule has 3 nitrogen and oxygen atoms in total. The van der Waals surface area contributed by atoms with Gasteiger partial charge in [0.2, 0.25) is 0 Å². The average Bonchev–Trinajstić information content (AvgIpc) is 2.73. The second-order valence-corrected chi connectivity index (χ2v) is 6.48. The van der Waals surface area contributed by atoms with Crippen molar-refractivity contribution >= 4 is 17.3 Å². The quantitative estimate of drug-likeness (QED) is 0.654. The van der Waals surface area contributed by atoms with Crippen LogP contribution in [0.2, 0.25) is 0 Å². The summed E-state index contributed by atoms with van der Waals surface area (Å²) in [5.74, 6) is 2.38. The largest absolute Gasteiger partial charge is 0.303 e. The van der Waals surface area contributed by atoms with E-state index in [-0.39, 0.29) is 5.92 Å². The maximum Gasteiger partial charge on any atom is 0.146 e. The third-order valence-corrected chi connectivity index (χ3v) is 4.90. The van der Waals surface area contributed by atoms with Gasteiger partial charge >= 0.3 is 0 Å². The van der Waals surface area contributed by atoms with Crippen LogP contribution in [0.5, 0.6) is 0 Å². The lowest BCUT2D eigenvalue weighted by molar-refractivity contribution is 0.510. The van der Waals surface area contributed by atoms with E-state index in [1.165, 1.54) is 11.1 Å². The molecule has 0 N–H and O–H groups in total. The number of benzene rings is 2. The minimum absolute atomic E-state index is 0.121. The number of rotatable bonds is 4. The number of aryl methyl sites for hydroxylation is 1. The van der Waals surface area contributed by atoms with Gasteiger partial charge in [-0.1, -0.05) is 36.4 Å². The van der Waals surface area contributed by atoms with Crippen LogP contribution in [-0.2, 0) is 17.6 Å². The molecule has 0 aliphatic heterocycles. The van der Waals surface area contributed by atoms with E-state index in [1.54, 1.807) is 12.4 Å². The second-order valence-electron chi connectivity index (χ2n) is 6.48. The van der Waals surface area contributed by atoms with E-state index in [0.29, 0.717) is 5.70 Å². The number of aromatic nitrogens is 1. The fourth-order valence-corrected chi connectivity index (χ4v) is 3.65. The van der Waals surface area contributed by atoms with Crippen LogP contribution >= 0.6 is 0 Å². The number of hydrogen-bond acceptors (Lipinski definition) is 3. The number of anilines is 2. The minimum atomic E-state index is 0.121. The van der Waals surface area contributed by atoms with E-state index in [1.807, 2.05) is 59.5 Å². The fraction of sp³-hybridized carbons (Fsp3) is 0.174. The van der Waals surface area contributed by atoms with Gasteiger partial charge in [-0.2, -0.15) is 0 Å². The zero-order valence-corrected chi connectivity index (χ0v) is 14.4. The number of nitrogens with zero attached hydrogens (tertiary/aromatic N) is 2. The number of para-hydroxylation sites is 1. The first-order chi connectivity index (χ1) is 12.9. The van der Waals surface area contributed by atoms with Crippen LogP contribution in [0.3, 0.4) is 0 Å². The standard InChI is InChI=1S/C23H19N2O/c26-17-23(20-13-12-18-7-4-5-8-19(18)15-20)25(21-9-2-1-3-10-21)22-11-6-14-24-16-22/h1-6,8-11,14,16,20H,12-13,15H2. The Labute approximate surface area is 153 Å². The maximum absolute atomic E-state index is 12.1. The molecule has 3 heteroatoms. The average molecular weight is 339 g/mol. The summed E-state index contributed by atoms with van der Waals surface area (Å²) < 4.78 is 0. The van der Waals surface area contributed by atoms with Gasteiger partial charge in [-0.3, -0.25) is 4.98 Å². The Morgan fingerprint density at radius 1 is 1.08 bits per heavy atom. The normalized spacial score (nSPS) is 15.6. The summed E-state index contributed by atoms with van der Waals surface area (Å²) in [5, 5.41) is 0. The Bertz CT molecular complexity index is 891. The van der Waals surface area contributed by atoms with Gasteiger partial charge in [-0.25, -0.2) is 4.79 Å². The summed E-state index contributed by atoms with van der Waals surface area (Å²) in [7, 11) is 0. The van der Waals surface area contributed by atoms with E-state index >= 15 is 0 Å². The van der Waals surface area contributed by atoms with Crippen molar-refractivity contribution in [3.63, 3.8) is 0 Å². The smallest absolute Gasteiger partial charge is 0.146 e. The molecule has 1 radical (unpaired) electrons. The zero-order chi connectivity index (χ0) is 17.8. The van der Waals surface area contributed by atoms with Gasteiger partial charge in [0.25, 0.3) is 0 Å². The first-order valence-electron chi connectivity index (χ1n) is 8.85. The highest BCUT2D eigenvalue weighted by Gasteiger charge is 2.28. The molecule has 4 rings (SSSR count). The third kappa shape index (κ3) is 3.17. The molecule has 0 saturated carbocycles. The van der Waals surface area contributed by atoms with Gasteiger partial charge < -0.3 is 4.90 Å². The first kappa shape index (κ1) is 16.3. The van der Waals surface area contributed by atoms with Gasteiger partial charge in [0.1, 0.15) is 11.6 Å². The molecule has 127 valence electrons. The molecule has 0 amide bonds. The summed E-state index contributed by atoms with van der Waals surface area (Å²) in [6.07, 6.45) is 6.21. The van der Waals surface area contributed by atoms with Crippen molar-refractivity contribution in [3.05, 3.63) is 95.9 Å². The summed E-state index contributed by atoms with van der Waals surface area (Å²) >= 11 is 0. The lowest BCUT2D eigenvalue weighted by Crippen LogP contribution is -2.27. The molecule has 26 heavy (non-hydrogen) atoms. The van der Waals surface area contributed by atoms with E-state index in [0.717, 1.165) is 30.6 Å². The van der Waals surface area contributed by atoms with Crippen molar-refractivity contribution in [1.82, 2.24) is 4.98 Å². The Morgan fingerprint density at radius 2 is 1.92 bits per heavy atom. The van der Waals surface area contributed by atoms with Crippen LogP contribution in [0, 0.1) is 12.0 Å². The van der Waals surface area contributed by atoms with Crippen molar-refractivity contribution in [3.8, 4) is 0 Å². The topological polar surface area (TPSA) is 33.2 Å². The number of hydrogen-bond donors (Lipinski definition) is 0. The molecule has 0 saturated heterocycles. The van der Waals surface area contributed by atoms with Crippen molar-refractivity contribution in [2.24, 2.45) is 5.92 Å². The monoisotopic (exact) mass is 339 g/mol. The molecule has 1 unspecified atom stereocenters. The highest BCUT2D eigenvalue weighted by molar-refractivity contribution is 5.75. The molecule has 1 heterocycles. The summed E-state index contributed by atoms with van der Waals surface area (Å²) in [6, 6.07) is 23.2. The van der Waals surface area contributed by atoms with Crippen molar-refractivity contribution in [1.29, 1.82) is 0 Å². The minimum Gasteiger partial charge on any atom is -0.303 e. The highest BCUT2D eigenvalue weighted by atomic mass is 16.1. The SMILES string of the molecule is O=C=C(C1CCc2[c]cccc2C1)N(c1ccccc1)c1cccnc1. The highest BCUT2D eigenvalue weighted by Crippen LogP contribution is 2.36. The number of allylic oxidation sites excluding steroid dienone is 1. The Morgan fingerprint density at radius 3 is 2.69 bits per heavy atom. The zero-order valence-electron chi connectivity index (χ0n) is 14.4. The van der Waals surface area contributed by atoms with Gasteiger partial charge in [0.15, 0.2) is 0 Å². The van der Waals surface area contributed by atoms with Crippen molar-refractivity contribution < 1.29 is 4.79 Å². The maximum atomic E-state index is 12.1. The predicted octanol–water partition coefficient (Wildman–Crippen LogP) is 4.54. The number of pyridine rings is 1.